The molecule has 1 aromatic heterocycles. The zero-order valence-electron chi connectivity index (χ0n) is 18.2. The van der Waals surface area contributed by atoms with E-state index in [4.69, 9.17) is 14.6 Å². The molecule has 0 atom stereocenters. The molecule has 7 nitrogen and oxygen atoms in total. The molecule has 1 aliphatic heterocycles. The van der Waals surface area contributed by atoms with Crippen LogP contribution in [-0.2, 0) is 4.74 Å². The normalized spacial score (nSPS) is 13.9. The first-order valence-electron chi connectivity index (χ1n) is 11.0. The van der Waals surface area contributed by atoms with Gasteiger partial charge in [-0.05, 0) is 59.7 Å². The predicted molar refractivity (Wildman–Crippen MR) is 126 cm³/mol. The summed E-state index contributed by atoms with van der Waals surface area (Å²) in [5.74, 6) is 0.766. The largest absolute Gasteiger partial charge is 0.491 e. The molecule has 1 fully saturated rings. The van der Waals surface area contributed by atoms with Gasteiger partial charge in [0.15, 0.2) is 0 Å². The zero-order valence-corrected chi connectivity index (χ0v) is 18.2. The summed E-state index contributed by atoms with van der Waals surface area (Å²) >= 11 is 0. The first-order valence-corrected chi connectivity index (χ1v) is 11.0. The van der Waals surface area contributed by atoms with Gasteiger partial charge in [-0.1, -0.05) is 18.2 Å². The van der Waals surface area contributed by atoms with Gasteiger partial charge in [-0.25, -0.2) is 4.98 Å². The molecule has 0 saturated carbocycles. The standard InChI is InChI=1S/C26H25N3O4/c30-13-16-33-23-8-6-22(7-9-23)29-18-27-24-17-21(5-10-25(24)29)19-1-3-20(4-2-19)26(31)28-11-14-32-15-12-28/h1-10,17-18,30H,11-16H2. The average Bonchev–Trinajstić information content (AvgIpc) is 3.31. The van der Waals surface area contributed by atoms with Gasteiger partial charge in [-0.15, -0.1) is 0 Å². The lowest BCUT2D eigenvalue weighted by molar-refractivity contribution is 0.0303. The summed E-state index contributed by atoms with van der Waals surface area (Å²) in [6, 6.07) is 21.6. The van der Waals surface area contributed by atoms with E-state index in [1.165, 1.54) is 0 Å². The number of aromatic nitrogens is 2. The number of carbonyl (C=O) groups excluding carboxylic acids is 1. The number of carbonyl (C=O) groups is 1. The van der Waals surface area contributed by atoms with Crippen LogP contribution in [0.1, 0.15) is 10.4 Å². The van der Waals surface area contributed by atoms with Crippen molar-refractivity contribution in [2.75, 3.05) is 39.5 Å². The molecule has 5 rings (SSSR count). The average molecular weight is 444 g/mol. The minimum absolute atomic E-state index is 0.0108. The van der Waals surface area contributed by atoms with E-state index < -0.39 is 0 Å². The molecule has 4 aromatic rings. The number of ether oxygens (including phenoxy) is 2. The number of aliphatic hydroxyl groups excluding tert-OH is 1. The molecule has 1 amide bonds. The molecule has 3 aromatic carbocycles. The Bertz CT molecular complexity index is 1240. The fourth-order valence-corrected chi connectivity index (χ4v) is 4.02. The molecule has 1 N–H and O–H groups in total. The Morgan fingerprint density at radius 2 is 1.70 bits per heavy atom. The highest BCUT2D eigenvalue weighted by Crippen LogP contribution is 2.27. The van der Waals surface area contributed by atoms with E-state index in [0.717, 1.165) is 33.6 Å². The van der Waals surface area contributed by atoms with Crippen LogP contribution in [0.4, 0.5) is 0 Å². The molecule has 7 heteroatoms. The monoisotopic (exact) mass is 443 g/mol. The summed E-state index contributed by atoms with van der Waals surface area (Å²) in [7, 11) is 0. The minimum atomic E-state index is -0.0108. The van der Waals surface area contributed by atoms with Crippen LogP contribution in [0, 0.1) is 0 Å². The Hall–Kier alpha value is -3.68. The summed E-state index contributed by atoms with van der Waals surface area (Å²) in [5, 5.41) is 8.89. The van der Waals surface area contributed by atoms with Gasteiger partial charge in [0.1, 0.15) is 18.7 Å². The van der Waals surface area contributed by atoms with Crippen molar-refractivity contribution in [3.63, 3.8) is 0 Å². The lowest BCUT2D eigenvalue weighted by Crippen LogP contribution is -2.40. The van der Waals surface area contributed by atoms with Gasteiger partial charge < -0.3 is 19.5 Å². The van der Waals surface area contributed by atoms with Crippen molar-refractivity contribution >= 4 is 16.9 Å². The van der Waals surface area contributed by atoms with E-state index in [1.54, 1.807) is 0 Å². The fourth-order valence-electron chi connectivity index (χ4n) is 4.02. The Labute approximate surface area is 191 Å². The zero-order chi connectivity index (χ0) is 22.6. The maximum atomic E-state index is 12.7. The molecule has 0 unspecified atom stereocenters. The molecule has 1 aliphatic rings. The van der Waals surface area contributed by atoms with Crippen molar-refractivity contribution < 1.29 is 19.4 Å². The quantitative estimate of drug-likeness (QED) is 0.493. The predicted octanol–water partition coefficient (Wildman–Crippen LogP) is 3.54. The molecule has 2 heterocycles. The Balaban J connectivity index is 1.35. The van der Waals surface area contributed by atoms with E-state index >= 15 is 0 Å². The second-order valence-electron chi connectivity index (χ2n) is 7.87. The van der Waals surface area contributed by atoms with Crippen LogP contribution in [-0.4, -0.2) is 65.0 Å². The maximum absolute atomic E-state index is 12.7. The van der Waals surface area contributed by atoms with E-state index in [-0.39, 0.29) is 19.1 Å². The van der Waals surface area contributed by atoms with E-state index in [9.17, 15) is 4.79 Å². The maximum Gasteiger partial charge on any atom is 0.254 e. The summed E-state index contributed by atoms with van der Waals surface area (Å²) < 4.78 is 12.8. The highest BCUT2D eigenvalue weighted by Gasteiger charge is 2.18. The van der Waals surface area contributed by atoms with Crippen molar-refractivity contribution in [2.45, 2.75) is 0 Å². The van der Waals surface area contributed by atoms with Crippen LogP contribution in [0.15, 0.2) is 73.1 Å². The number of rotatable bonds is 6. The molecule has 0 aliphatic carbocycles. The van der Waals surface area contributed by atoms with Crippen LogP contribution in [0.25, 0.3) is 27.8 Å². The third-order valence-electron chi connectivity index (χ3n) is 5.79. The van der Waals surface area contributed by atoms with Gasteiger partial charge in [0.2, 0.25) is 0 Å². The first kappa shape index (κ1) is 21.2. The topological polar surface area (TPSA) is 76.8 Å². The van der Waals surface area contributed by atoms with Gasteiger partial charge in [0.25, 0.3) is 5.91 Å². The molecule has 0 radical (unpaired) electrons. The smallest absolute Gasteiger partial charge is 0.254 e. The lowest BCUT2D eigenvalue weighted by Gasteiger charge is -2.26. The summed E-state index contributed by atoms with van der Waals surface area (Å²) in [4.78, 5) is 19.1. The highest BCUT2D eigenvalue weighted by atomic mass is 16.5. The molecule has 0 bridgehead atoms. The summed E-state index contributed by atoms with van der Waals surface area (Å²) in [6.07, 6.45) is 1.81. The number of benzene rings is 3. The number of aliphatic hydroxyl groups is 1. The van der Waals surface area contributed by atoms with Crippen molar-refractivity contribution in [3.8, 4) is 22.6 Å². The molecule has 168 valence electrons. The van der Waals surface area contributed by atoms with Crippen molar-refractivity contribution in [2.24, 2.45) is 0 Å². The Morgan fingerprint density at radius 3 is 2.42 bits per heavy atom. The second kappa shape index (κ2) is 9.44. The van der Waals surface area contributed by atoms with E-state index in [0.29, 0.717) is 31.9 Å². The van der Waals surface area contributed by atoms with Crippen LogP contribution in [0.3, 0.4) is 0 Å². The minimum Gasteiger partial charge on any atom is -0.491 e. The molecule has 0 spiro atoms. The fraction of sp³-hybridized carbons (Fsp3) is 0.231. The van der Waals surface area contributed by atoms with Crippen molar-refractivity contribution in [1.82, 2.24) is 14.5 Å². The number of amides is 1. The Kier molecular flexibility index (Phi) is 6.06. The third kappa shape index (κ3) is 4.46. The first-order chi connectivity index (χ1) is 16.2. The number of nitrogens with zero attached hydrogens (tertiary/aromatic N) is 3. The van der Waals surface area contributed by atoms with Gasteiger partial charge in [0, 0.05) is 24.3 Å². The number of morpholine rings is 1. The van der Waals surface area contributed by atoms with Crippen LogP contribution in [0.2, 0.25) is 0 Å². The molecule has 33 heavy (non-hydrogen) atoms. The number of hydrogen-bond acceptors (Lipinski definition) is 5. The van der Waals surface area contributed by atoms with Gasteiger partial charge >= 0.3 is 0 Å². The number of fused-ring (bicyclic) bond motifs is 1. The molecular formula is C26H25N3O4. The van der Waals surface area contributed by atoms with Crippen LogP contribution in [0.5, 0.6) is 5.75 Å². The third-order valence-corrected chi connectivity index (χ3v) is 5.79. The van der Waals surface area contributed by atoms with Crippen LogP contribution < -0.4 is 4.74 Å². The van der Waals surface area contributed by atoms with Crippen molar-refractivity contribution in [3.05, 3.63) is 78.6 Å². The Morgan fingerprint density at radius 1 is 0.970 bits per heavy atom. The molecular weight excluding hydrogens is 418 g/mol. The van der Waals surface area contributed by atoms with Crippen LogP contribution >= 0.6 is 0 Å². The number of hydrogen-bond donors (Lipinski definition) is 1. The van der Waals surface area contributed by atoms with E-state index in [1.807, 2.05) is 64.3 Å². The number of imidazole rings is 1. The summed E-state index contributed by atoms with van der Waals surface area (Å²) in [5.41, 5.74) is 5.65. The van der Waals surface area contributed by atoms with Crippen molar-refractivity contribution in [1.29, 1.82) is 0 Å². The molecule has 1 saturated heterocycles. The van der Waals surface area contributed by atoms with Gasteiger partial charge in [-0.2, -0.15) is 0 Å². The van der Waals surface area contributed by atoms with E-state index in [2.05, 4.69) is 23.2 Å². The van der Waals surface area contributed by atoms with Gasteiger partial charge in [0.05, 0.1) is 30.9 Å². The van der Waals surface area contributed by atoms with Gasteiger partial charge in [-0.3, -0.25) is 9.36 Å². The SMILES string of the molecule is O=C(c1ccc(-c2ccc3c(c2)ncn3-c2ccc(OCCO)cc2)cc1)N1CCOCC1. The second-order valence-corrected chi connectivity index (χ2v) is 7.87. The summed E-state index contributed by atoms with van der Waals surface area (Å²) in [6.45, 7) is 2.73. The lowest BCUT2D eigenvalue weighted by atomic mass is 10.0. The highest BCUT2D eigenvalue weighted by molar-refractivity contribution is 5.95.